The van der Waals surface area contributed by atoms with E-state index in [0.717, 1.165) is 44.6 Å². The summed E-state index contributed by atoms with van der Waals surface area (Å²) in [7, 11) is 0. The van der Waals surface area contributed by atoms with E-state index in [2.05, 4.69) is 278 Å². The first-order valence-electron chi connectivity index (χ1n) is 23.7. The minimum Gasteiger partial charge on any atom is -0.456 e. The highest BCUT2D eigenvalue weighted by atomic mass is 16.3. The maximum Gasteiger partial charge on any atom is 0.136 e. The van der Waals surface area contributed by atoms with Crippen molar-refractivity contribution in [2.75, 3.05) is 4.90 Å². The molecule has 2 nitrogen and oxygen atoms in total. The maximum atomic E-state index is 6.88. The van der Waals surface area contributed by atoms with Crippen LogP contribution < -0.4 is 4.90 Å². The summed E-state index contributed by atoms with van der Waals surface area (Å²) in [4.78, 5) is 2.41. The zero-order chi connectivity index (χ0) is 45.7. The van der Waals surface area contributed by atoms with Crippen LogP contribution in [0.5, 0.6) is 0 Å². The molecule has 0 unspecified atom stereocenters. The number of rotatable bonds is 9. The lowest BCUT2D eigenvalue weighted by Gasteiger charge is -2.34. The summed E-state index contributed by atoms with van der Waals surface area (Å²) in [5, 5.41) is 2.24. The Bertz CT molecular complexity index is 3730. The fraction of sp³-hybridized carbons (Fsp3) is 0.0149. The number of para-hydroxylation sites is 1. The predicted molar refractivity (Wildman–Crippen MR) is 287 cm³/mol. The summed E-state index contributed by atoms with van der Waals surface area (Å²) in [5.74, 6) is 0. The molecule has 0 spiro atoms. The second-order valence-electron chi connectivity index (χ2n) is 18.0. The van der Waals surface area contributed by atoms with E-state index in [1.807, 2.05) is 0 Å². The Morgan fingerprint density at radius 2 is 0.696 bits per heavy atom. The lowest BCUT2D eigenvalue weighted by atomic mass is 9.67. The minimum absolute atomic E-state index is 0.651. The van der Waals surface area contributed by atoms with Crippen LogP contribution in [0.15, 0.2) is 277 Å². The van der Waals surface area contributed by atoms with Crippen molar-refractivity contribution in [3.63, 3.8) is 0 Å². The van der Waals surface area contributed by atoms with Gasteiger partial charge in [0, 0.05) is 33.4 Å². The molecule has 1 aliphatic carbocycles. The lowest BCUT2D eigenvalue weighted by molar-refractivity contribution is 0.666. The Morgan fingerprint density at radius 1 is 0.290 bits per heavy atom. The summed E-state index contributed by atoms with van der Waals surface area (Å²) in [6.45, 7) is 0. The van der Waals surface area contributed by atoms with E-state index in [9.17, 15) is 0 Å². The third-order valence-electron chi connectivity index (χ3n) is 14.2. The van der Waals surface area contributed by atoms with Gasteiger partial charge in [0.1, 0.15) is 11.2 Å². The van der Waals surface area contributed by atoms with Gasteiger partial charge in [-0.15, -0.1) is 0 Å². The van der Waals surface area contributed by atoms with Gasteiger partial charge < -0.3 is 9.32 Å². The third-order valence-corrected chi connectivity index (χ3v) is 14.2. The molecule has 324 valence electrons. The average molecular weight is 880 g/mol. The molecule has 69 heavy (non-hydrogen) atoms. The van der Waals surface area contributed by atoms with Crippen LogP contribution in [0, 0.1) is 0 Å². The molecule has 1 aliphatic rings. The van der Waals surface area contributed by atoms with Crippen LogP contribution in [0.3, 0.4) is 0 Å². The first-order chi connectivity index (χ1) is 34.2. The molecule has 0 aliphatic heterocycles. The van der Waals surface area contributed by atoms with Crippen molar-refractivity contribution in [3.05, 3.63) is 295 Å². The predicted octanol–water partition coefficient (Wildman–Crippen LogP) is 18.1. The van der Waals surface area contributed by atoms with Crippen LogP contribution in [0.2, 0.25) is 0 Å². The highest BCUT2D eigenvalue weighted by Crippen LogP contribution is 2.61. The highest BCUT2D eigenvalue weighted by molar-refractivity contribution is 6.18. The van der Waals surface area contributed by atoms with Crippen LogP contribution in [0.4, 0.5) is 17.1 Å². The number of fused-ring (bicyclic) bond motifs is 6. The van der Waals surface area contributed by atoms with E-state index in [0.29, 0.717) is 0 Å². The molecule has 0 bridgehead atoms. The number of nitrogens with zero attached hydrogens (tertiary/aromatic N) is 1. The van der Waals surface area contributed by atoms with Crippen LogP contribution in [0.1, 0.15) is 22.3 Å². The number of anilines is 3. The molecule has 0 saturated heterocycles. The number of benzene rings is 11. The van der Waals surface area contributed by atoms with Gasteiger partial charge in [-0.1, -0.05) is 224 Å². The van der Waals surface area contributed by atoms with E-state index in [4.69, 9.17) is 4.42 Å². The van der Waals surface area contributed by atoms with Crippen LogP contribution in [0.25, 0.3) is 77.6 Å². The van der Waals surface area contributed by atoms with Gasteiger partial charge in [0.05, 0.1) is 5.41 Å². The van der Waals surface area contributed by atoms with Gasteiger partial charge >= 0.3 is 0 Å². The lowest BCUT2D eigenvalue weighted by Crippen LogP contribution is -2.28. The van der Waals surface area contributed by atoms with Crippen molar-refractivity contribution in [2.24, 2.45) is 0 Å². The Labute approximate surface area is 402 Å². The van der Waals surface area contributed by atoms with Crippen molar-refractivity contribution >= 4 is 39.0 Å². The molecule has 0 N–H and O–H groups in total. The molecule has 0 amide bonds. The number of hydrogen-bond acceptors (Lipinski definition) is 2. The molecular weight excluding hydrogens is 835 g/mol. The Morgan fingerprint density at radius 3 is 1.20 bits per heavy atom. The molecule has 11 aromatic carbocycles. The molecule has 1 heterocycles. The van der Waals surface area contributed by atoms with Gasteiger partial charge in [-0.2, -0.15) is 0 Å². The fourth-order valence-electron chi connectivity index (χ4n) is 11.0. The molecule has 0 fully saturated rings. The zero-order valence-electron chi connectivity index (χ0n) is 37.8. The summed E-state index contributed by atoms with van der Waals surface area (Å²) >= 11 is 0. The normalized spacial score (nSPS) is 12.5. The number of furan rings is 1. The van der Waals surface area contributed by atoms with Crippen LogP contribution in [-0.2, 0) is 5.41 Å². The molecule has 0 radical (unpaired) electrons. The largest absolute Gasteiger partial charge is 0.456 e. The average Bonchev–Trinajstić information content (AvgIpc) is 3.95. The van der Waals surface area contributed by atoms with Crippen molar-refractivity contribution in [1.29, 1.82) is 0 Å². The van der Waals surface area contributed by atoms with Gasteiger partial charge in [-0.25, -0.2) is 0 Å². The van der Waals surface area contributed by atoms with Gasteiger partial charge in [0.2, 0.25) is 0 Å². The topological polar surface area (TPSA) is 16.4 Å². The van der Waals surface area contributed by atoms with Gasteiger partial charge in [0.25, 0.3) is 0 Å². The molecule has 2 heteroatoms. The van der Waals surface area contributed by atoms with E-state index in [1.165, 1.54) is 72.3 Å². The fourth-order valence-corrected chi connectivity index (χ4v) is 11.0. The highest BCUT2D eigenvalue weighted by Gasteiger charge is 2.48. The van der Waals surface area contributed by atoms with Crippen molar-refractivity contribution in [1.82, 2.24) is 0 Å². The van der Waals surface area contributed by atoms with E-state index in [-0.39, 0.29) is 0 Å². The van der Waals surface area contributed by atoms with Crippen molar-refractivity contribution < 1.29 is 4.42 Å². The van der Waals surface area contributed by atoms with E-state index < -0.39 is 5.41 Å². The summed E-state index contributed by atoms with van der Waals surface area (Å²) in [5.41, 5.74) is 21.1. The summed E-state index contributed by atoms with van der Waals surface area (Å²) < 4.78 is 6.88. The Balaban J connectivity index is 1.05. The van der Waals surface area contributed by atoms with Gasteiger partial charge in [-0.05, 0) is 121 Å². The van der Waals surface area contributed by atoms with Crippen LogP contribution in [-0.4, -0.2) is 0 Å². The monoisotopic (exact) mass is 879 g/mol. The Hall–Kier alpha value is -8.98. The smallest absolute Gasteiger partial charge is 0.136 e. The van der Waals surface area contributed by atoms with Gasteiger partial charge in [-0.3, -0.25) is 0 Å². The van der Waals surface area contributed by atoms with Gasteiger partial charge in [0.15, 0.2) is 0 Å². The van der Waals surface area contributed by atoms with E-state index in [1.54, 1.807) is 0 Å². The summed E-state index contributed by atoms with van der Waals surface area (Å²) in [6.07, 6.45) is 0. The Kier molecular flexibility index (Phi) is 9.77. The molecular formula is C67H45NO. The second kappa shape index (κ2) is 16.7. The van der Waals surface area contributed by atoms with E-state index >= 15 is 0 Å². The first kappa shape index (κ1) is 40.3. The van der Waals surface area contributed by atoms with Crippen molar-refractivity contribution in [3.8, 4) is 55.6 Å². The summed E-state index contributed by atoms with van der Waals surface area (Å²) in [6, 6.07) is 99.1. The zero-order valence-corrected chi connectivity index (χ0v) is 37.8. The standard InChI is InChI=1S/C67H45NO/c1-6-18-46(19-7-1)48-30-32-49(33-31-48)51-36-40-56(41-37-51)68(55-38-34-50(35-39-55)47-20-8-2-9-21-47)57-42-43-60-59(44-57)65-61(67(60,53-24-12-4-13-25-53)54-26-14-5-15-27-54)45-63-66(58-28-16-17-29-62(58)69-63)64(65)52-22-10-3-11-23-52/h1-45H. The molecule has 13 rings (SSSR count). The van der Waals surface area contributed by atoms with Crippen molar-refractivity contribution in [2.45, 2.75) is 5.41 Å². The quantitative estimate of drug-likeness (QED) is 0.144. The SMILES string of the molecule is c1ccc(-c2ccc(-c3ccc(N(c4ccc(-c5ccccc5)cc4)c4ccc5c(c4)-c4c(cc6oc7ccccc7c6c4-c4ccccc4)C5(c4ccccc4)c4ccccc4)cc3)cc2)cc1. The third kappa shape index (κ3) is 6.72. The van der Waals surface area contributed by atoms with Crippen LogP contribution >= 0.6 is 0 Å². The molecule has 12 aromatic rings. The second-order valence-corrected chi connectivity index (χ2v) is 18.0. The molecule has 0 atom stereocenters. The minimum atomic E-state index is -0.651. The molecule has 0 saturated carbocycles. The maximum absolute atomic E-state index is 6.88. The molecule has 1 aromatic heterocycles. The first-order valence-corrected chi connectivity index (χ1v) is 23.7. The number of hydrogen-bond donors (Lipinski definition) is 0.